The lowest BCUT2D eigenvalue weighted by molar-refractivity contribution is 0.408. The van der Waals surface area contributed by atoms with E-state index < -0.39 is 9.84 Å². The molecule has 4 rings (SSSR count). The number of aromatic amines is 1. The zero-order chi connectivity index (χ0) is 22.0. The molecule has 0 amide bonds. The lowest BCUT2D eigenvalue weighted by Crippen LogP contribution is -2.17. The molecule has 0 atom stereocenters. The molecule has 10 heteroatoms. The summed E-state index contributed by atoms with van der Waals surface area (Å²) in [6.45, 7) is 0.712. The first kappa shape index (κ1) is 21.7. The van der Waals surface area contributed by atoms with E-state index in [2.05, 4.69) is 25.5 Å². The lowest BCUT2D eigenvalue weighted by Gasteiger charge is -2.11. The van der Waals surface area contributed by atoms with Gasteiger partial charge in [-0.3, -0.25) is 5.10 Å². The monoisotopic (exact) mass is 464 g/mol. The number of hydrogen-bond acceptors (Lipinski definition) is 7. The van der Waals surface area contributed by atoms with Crippen LogP contribution in [0.4, 0.5) is 11.6 Å². The minimum Gasteiger partial charge on any atom is -0.322 e. The summed E-state index contributed by atoms with van der Waals surface area (Å²) >= 11 is 6.28. The molecular formula is C21H29ClN6O2S. The summed E-state index contributed by atoms with van der Waals surface area (Å²) in [7, 11) is 0.455. The van der Waals surface area contributed by atoms with E-state index in [4.69, 9.17) is 11.6 Å². The fraction of sp³-hybridized carbons (Fsp3) is 0.381. The summed E-state index contributed by atoms with van der Waals surface area (Å²) < 4.78 is 25.4. The molecule has 0 radical (unpaired) electrons. The molecule has 0 aliphatic heterocycles. The van der Waals surface area contributed by atoms with Crippen molar-refractivity contribution in [3.63, 3.8) is 0 Å². The predicted molar refractivity (Wildman–Crippen MR) is 126 cm³/mol. The average Bonchev–Trinajstić information content (AvgIpc) is 3.48. The van der Waals surface area contributed by atoms with Crippen molar-refractivity contribution in [2.75, 3.05) is 31.7 Å². The molecule has 1 fully saturated rings. The van der Waals surface area contributed by atoms with Gasteiger partial charge in [-0.1, -0.05) is 23.7 Å². The van der Waals surface area contributed by atoms with Gasteiger partial charge in [-0.2, -0.15) is 5.10 Å². The molecule has 0 spiro atoms. The highest BCUT2D eigenvalue weighted by Crippen LogP contribution is 2.39. The summed E-state index contributed by atoms with van der Waals surface area (Å²) in [5.41, 5.74) is 1.70. The van der Waals surface area contributed by atoms with Gasteiger partial charge in [0.05, 0.1) is 16.8 Å². The van der Waals surface area contributed by atoms with Crippen molar-refractivity contribution in [3.05, 3.63) is 47.2 Å². The van der Waals surface area contributed by atoms with Crippen molar-refractivity contribution in [3.8, 4) is 11.4 Å². The van der Waals surface area contributed by atoms with Gasteiger partial charge in [-0.25, -0.2) is 18.4 Å². The molecule has 168 valence electrons. The van der Waals surface area contributed by atoms with Crippen LogP contribution in [0.2, 0.25) is 5.02 Å². The van der Waals surface area contributed by atoms with E-state index in [1.54, 1.807) is 24.3 Å². The Kier molecular flexibility index (Phi) is 6.27. The summed E-state index contributed by atoms with van der Waals surface area (Å²) in [6.07, 6.45) is 4.42. The van der Waals surface area contributed by atoms with Gasteiger partial charge < -0.3 is 10.2 Å². The Bertz CT molecular complexity index is 1190. The molecule has 2 aromatic heterocycles. The van der Waals surface area contributed by atoms with E-state index in [0.717, 1.165) is 5.69 Å². The second-order valence-electron chi connectivity index (χ2n) is 8.00. The van der Waals surface area contributed by atoms with Gasteiger partial charge in [0.2, 0.25) is 0 Å². The number of halogens is 1. The van der Waals surface area contributed by atoms with Gasteiger partial charge in [-0.05, 0) is 52.0 Å². The van der Waals surface area contributed by atoms with Crippen LogP contribution in [0.5, 0.6) is 0 Å². The molecule has 1 aromatic carbocycles. The number of H-pyrrole nitrogens is 1. The number of benzene rings is 1. The largest absolute Gasteiger partial charge is 0.322 e. The number of nitrogens with zero attached hydrogens (tertiary/aromatic N) is 4. The van der Waals surface area contributed by atoms with Crippen LogP contribution >= 0.6 is 11.6 Å². The van der Waals surface area contributed by atoms with E-state index in [0.29, 0.717) is 46.9 Å². The van der Waals surface area contributed by atoms with Crippen LogP contribution < -0.4 is 5.32 Å². The van der Waals surface area contributed by atoms with Gasteiger partial charge in [0, 0.05) is 26.1 Å². The summed E-state index contributed by atoms with van der Waals surface area (Å²) in [5, 5.41) is 10.8. The Hall–Kier alpha value is -2.49. The van der Waals surface area contributed by atoms with Gasteiger partial charge in [0.15, 0.2) is 27.3 Å². The van der Waals surface area contributed by atoms with Crippen molar-refractivity contribution in [1.29, 1.82) is 0 Å². The smallest absolute Gasteiger partial charge is 0.178 e. The van der Waals surface area contributed by atoms with Crippen LogP contribution in [0.25, 0.3) is 11.4 Å². The second-order valence-corrected chi connectivity index (χ2v) is 10.5. The van der Waals surface area contributed by atoms with Crippen molar-refractivity contribution >= 4 is 33.1 Å². The van der Waals surface area contributed by atoms with Crippen LogP contribution in [0, 0.1) is 0 Å². The Labute approximate surface area is 190 Å². The van der Waals surface area contributed by atoms with E-state index in [-0.39, 0.29) is 13.5 Å². The van der Waals surface area contributed by atoms with E-state index in [1.165, 1.54) is 19.0 Å². The van der Waals surface area contributed by atoms with Crippen LogP contribution in [-0.4, -0.2) is 59.9 Å². The Morgan fingerprint density at radius 2 is 2.10 bits per heavy atom. The Morgan fingerprint density at radius 3 is 2.84 bits per heavy atom. The third-order valence-corrected chi connectivity index (χ3v) is 7.15. The fourth-order valence-electron chi connectivity index (χ4n) is 3.24. The quantitative estimate of drug-likeness (QED) is 0.484. The highest BCUT2D eigenvalue weighted by molar-refractivity contribution is 7.91. The van der Waals surface area contributed by atoms with Crippen LogP contribution in [-0.2, 0) is 9.84 Å². The maximum Gasteiger partial charge on any atom is 0.178 e. The number of anilines is 2. The van der Waals surface area contributed by atoms with Crippen molar-refractivity contribution in [2.24, 2.45) is 0 Å². The molecule has 1 aliphatic rings. The highest BCUT2D eigenvalue weighted by atomic mass is 35.5. The molecule has 31 heavy (non-hydrogen) atoms. The van der Waals surface area contributed by atoms with E-state index in [1.807, 2.05) is 25.1 Å². The maximum atomic E-state index is 12.7. The maximum absolute atomic E-state index is 12.7. The number of rotatable bonds is 9. The molecule has 3 aromatic rings. The summed E-state index contributed by atoms with van der Waals surface area (Å²) in [6, 6.07) is 8.65. The molecular weight excluding hydrogens is 436 g/mol. The number of hydrogen-bond donors (Lipinski definition) is 2. The van der Waals surface area contributed by atoms with Crippen LogP contribution in [0.15, 0.2) is 41.4 Å². The number of sulfone groups is 1. The van der Waals surface area contributed by atoms with Gasteiger partial charge in [0.1, 0.15) is 5.02 Å². The van der Waals surface area contributed by atoms with Crippen molar-refractivity contribution in [2.45, 2.75) is 30.1 Å². The van der Waals surface area contributed by atoms with Crippen LogP contribution in [0.1, 0.15) is 33.7 Å². The zero-order valence-electron chi connectivity index (χ0n) is 17.5. The lowest BCUT2D eigenvalue weighted by atomic mass is 10.2. The summed E-state index contributed by atoms with van der Waals surface area (Å²) in [5.74, 6) is 2.08. The predicted octanol–water partition coefficient (Wildman–Crippen LogP) is 4.36. The summed E-state index contributed by atoms with van der Waals surface area (Å²) in [4.78, 5) is 11.0. The first-order valence-electron chi connectivity index (χ1n) is 10.1. The minimum absolute atomic E-state index is 0. The van der Waals surface area contributed by atoms with E-state index >= 15 is 0 Å². The first-order valence-corrected chi connectivity index (χ1v) is 12.2. The zero-order valence-corrected chi connectivity index (χ0v) is 19.0. The SMILES string of the molecule is CN(C)CCCS(=O)(=O)c1cccc(-c2ncc(Cl)c(Nc3cc(C4CC4)[nH]n3)n2)c1.[HH].[HH]. The molecule has 2 heterocycles. The molecule has 0 unspecified atom stereocenters. The number of aromatic nitrogens is 4. The topological polar surface area (TPSA) is 104 Å². The number of nitrogens with one attached hydrogen (secondary N) is 2. The first-order chi connectivity index (χ1) is 14.8. The van der Waals surface area contributed by atoms with Gasteiger partial charge >= 0.3 is 0 Å². The molecule has 8 nitrogen and oxygen atoms in total. The average molecular weight is 465 g/mol. The third kappa shape index (κ3) is 5.41. The Balaban J connectivity index is 0.00000193. The second kappa shape index (κ2) is 8.94. The standard InChI is InChI=1S/C21H25ClN6O2S.2H2/c1-28(2)9-4-10-31(29,30)16-6-3-5-15(11-16)20-23-13-17(22)21(25-20)24-19-12-18(26-27-19)14-7-8-14;;/h3,5-6,11-14H,4,7-10H2,1-2H3,(H2,23,24,25,26,27);2*1H. The van der Waals surface area contributed by atoms with Crippen molar-refractivity contribution in [1.82, 2.24) is 25.1 Å². The molecule has 0 saturated heterocycles. The third-order valence-electron chi connectivity index (χ3n) is 5.08. The van der Waals surface area contributed by atoms with Gasteiger partial charge in [-0.15, -0.1) is 0 Å². The minimum atomic E-state index is -3.39. The fourth-order valence-corrected chi connectivity index (χ4v) is 4.71. The van der Waals surface area contributed by atoms with Crippen LogP contribution in [0.3, 0.4) is 0 Å². The molecule has 2 N–H and O–H groups in total. The molecule has 0 bridgehead atoms. The highest BCUT2D eigenvalue weighted by Gasteiger charge is 2.25. The van der Waals surface area contributed by atoms with Crippen molar-refractivity contribution < 1.29 is 11.3 Å². The Morgan fingerprint density at radius 1 is 1.29 bits per heavy atom. The molecule has 1 saturated carbocycles. The van der Waals surface area contributed by atoms with Gasteiger partial charge in [0.25, 0.3) is 0 Å². The molecule has 1 aliphatic carbocycles. The van der Waals surface area contributed by atoms with E-state index in [9.17, 15) is 8.42 Å². The normalized spacial score (nSPS) is 14.2.